The summed E-state index contributed by atoms with van der Waals surface area (Å²) in [4.78, 5) is 2.25. The topological polar surface area (TPSA) is 21.7 Å². The Labute approximate surface area is 75.4 Å². The Hall–Kier alpha value is 0.610. The average Bonchev–Trinajstić information content (AvgIpc) is 1.88. The highest BCUT2D eigenvalue weighted by molar-refractivity contribution is 14.1. The molecule has 0 radical (unpaired) electrons. The van der Waals surface area contributed by atoms with Crippen molar-refractivity contribution < 1.29 is 7.80 Å². The maximum Gasteiger partial charge on any atom is 0.109 e. The van der Waals surface area contributed by atoms with Gasteiger partial charge in [0.2, 0.25) is 0 Å². The highest BCUT2D eigenvalue weighted by atomic mass is 127. The Morgan fingerprint density at radius 3 is 3.20 bits per heavy atom. The number of nitrogens with zero attached hydrogens (tertiary/aromatic N) is 1. The Kier molecular flexibility index (Phi) is 3.90. The maximum atomic E-state index is 5.42. The monoisotopic (exact) mass is 257 g/mol. The third kappa shape index (κ3) is 2.69. The Balaban J connectivity index is 2.18. The zero-order chi connectivity index (χ0) is 7.40. The van der Waals surface area contributed by atoms with Gasteiger partial charge in [-0.05, 0) is 7.05 Å². The van der Waals surface area contributed by atoms with Crippen LogP contribution in [0.3, 0.4) is 0 Å². The van der Waals surface area contributed by atoms with Crippen molar-refractivity contribution in [3.63, 3.8) is 0 Å². The van der Waals surface area contributed by atoms with E-state index in [0.29, 0.717) is 6.61 Å². The second-order valence-electron chi connectivity index (χ2n) is 2.53. The molecule has 0 bridgehead atoms. The van der Waals surface area contributed by atoms with Crippen LogP contribution in [0.1, 0.15) is 0 Å². The van der Waals surface area contributed by atoms with Crippen LogP contribution in [0, 0.1) is 0 Å². The molecule has 0 aromatic carbocycles. The molecule has 1 saturated heterocycles. The number of halogens is 1. The molecule has 1 rings (SSSR count). The van der Waals surface area contributed by atoms with Gasteiger partial charge in [0, 0.05) is 13.1 Å². The van der Waals surface area contributed by atoms with Crippen molar-refractivity contribution in [2.75, 3.05) is 33.4 Å². The summed E-state index contributed by atoms with van der Waals surface area (Å²) in [6.07, 6.45) is 0.274. The lowest BCUT2D eigenvalue weighted by Gasteiger charge is -2.29. The summed E-state index contributed by atoms with van der Waals surface area (Å²) in [5.41, 5.74) is 0. The Bertz CT molecular complexity index is 99.7. The van der Waals surface area contributed by atoms with Crippen molar-refractivity contribution in [3.8, 4) is 0 Å². The van der Waals surface area contributed by atoms with Crippen molar-refractivity contribution in [1.82, 2.24) is 4.90 Å². The number of hydrogen-bond acceptors (Lipinski definition) is 3. The van der Waals surface area contributed by atoms with Crippen molar-refractivity contribution in [1.29, 1.82) is 0 Å². The lowest BCUT2D eigenvalue weighted by Crippen LogP contribution is -2.41. The van der Waals surface area contributed by atoms with Crippen LogP contribution >= 0.6 is 23.0 Å². The Morgan fingerprint density at radius 1 is 1.80 bits per heavy atom. The number of morpholine rings is 1. The first kappa shape index (κ1) is 8.70. The number of likely N-dealkylation sites (N-methyl/N-ethyl adjacent to an activating group) is 1. The summed E-state index contributed by atoms with van der Waals surface area (Å²) in [7, 11) is 2.10. The molecule has 0 saturated carbocycles. The van der Waals surface area contributed by atoms with Crippen LogP contribution in [-0.4, -0.2) is 44.4 Å². The summed E-state index contributed by atoms with van der Waals surface area (Å²) in [5.74, 6) is 0. The van der Waals surface area contributed by atoms with E-state index in [1.165, 1.54) is 0 Å². The van der Waals surface area contributed by atoms with E-state index in [1.54, 1.807) is 0 Å². The minimum Gasteiger partial charge on any atom is -0.373 e. The molecule has 1 unspecified atom stereocenters. The lowest BCUT2D eigenvalue weighted by atomic mass is 10.3. The largest absolute Gasteiger partial charge is 0.373 e. The number of ether oxygens (including phenoxy) is 1. The fourth-order valence-corrected chi connectivity index (χ4v) is 1.44. The van der Waals surface area contributed by atoms with Gasteiger partial charge in [0.25, 0.3) is 0 Å². The van der Waals surface area contributed by atoms with Crippen LogP contribution in [0.5, 0.6) is 0 Å². The third-order valence-electron chi connectivity index (χ3n) is 1.59. The first-order chi connectivity index (χ1) is 4.83. The summed E-state index contributed by atoms with van der Waals surface area (Å²) in [6, 6.07) is 0. The molecule has 0 spiro atoms. The van der Waals surface area contributed by atoms with Gasteiger partial charge in [-0.1, -0.05) is 0 Å². The van der Waals surface area contributed by atoms with E-state index in [9.17, 15) is 0 Å². The molecule has 0 aromatic rings. The summed E-state index contributed by atoms with van der Waals surface area (Å²) in [6.45, 7) is 3.56. The molecule has 10 heavy (non-hydrogen) atoms. The molecule has 0 amide bonds. The minimum atomic E-state index is 0.274. The third-order valence-corrected chi connectivity index (χ3v) is 1.95. The van der Waals surface area contributed by atoms with E-state index in [1.807, 2.05) is 23.0 Å². The van der Waals surface area contributed by atoms with Gasteiger partial charge in [-0.25, -0.2) is 0 Å². The predicted molar refractivity (Wildman–Crippen MR) is 47.2 cm³/mol. The first-order valence-corrected chi connectivity index (χ1v) is 4.24. The molecule has 0 aliphatic carbocycles. The zero-order valence-electron chi connectivity index (χ0n) is 6.05. The van der Waals surface area contributed by atoms with E-state index in [2.05, 4.69) is 11.9 Å². The van der Waals surface area contributed by atoms with Crippen molar-refractivity contribution in [3.05, 3.63) is 0 Å². The Morgan fingerprint density at radius 2 is 2.60 bits per heavy atom. The minimum absolute atomic E-state index is 0.274. The van der Waals surface area contributed by atoms with Crippen molar-refractivity contribution in [2.45, 2.75) is 6.10 Å². The molecule has 1 heterocycles. The summed E-state index contributed by atoms with van der Waals surface area (Å²) >= 11 is 1.90. The molecule has 0 aromatic heterocycles. The van der Waals surface area contributed by atoms with Crippen LogP contribution in [0.15, 0.2) is 0 Å². The molecule has 1 aliphatic heterocycles. The molecule has 1 fully saturated rings. The van der Waals surface area contributed by atoms with Gasteiger partial charge >= 0.3 is 0 Å². The second-order valence-corrected chi connectivity index (χ2v) is 3.15. The highest BCUT2D eigenvalue weighted by Crippen LogP contribution is 2.04. The maximum absolute atomic E-state index is 5.42. The van der Waals surface area contributed by atoms with Gasteiger partial charge in [0.1, 0.15) is 23.0 Å². The van der Waals surface area contributed by atoms with E-state index >= 15 is 0 Å². The van der Waals surface area contributed by atoms with E-state index in [-0.39, 0.29) is 6.10 Å². The fourth-order valence-electron chi connectivity index (χ4n) is 1.04. The smallest absolute Gasteiger partial charge is 0.109 e. The average molecular weight is 257 g/mol. The fraction of sp³-hybridized carbons (Fsp3) is 1.00. The van der Waals surface area contributed by atoms with Crippen LogP contribution in [-0.2, 0) is 7.80 Å². The molecule has 1 atom stereocenters. The number of rotatable bonds is 2. The van der Waals surface area contributed by atoms with Crippen molar-refractivity contribution in [2.24, 2.45) is 0 Å². The van der Waals surface area contributed by atoms with E-state index in [0.717, 1.165) is 19.7 Å². The van der Waals surface area contributed by atoms with Gasteiger partial charge in [-0.3, -0.25) is 0 Å². The zero-order valence-corrected chi connectivity index (χ0v) is 8.20. The summed E-state index contributed by atoms with van der Waals surface area (Å²) in [5, 5.41) is 0. The van der Waals surface area contributed by atoms with Crippen LogP contribution in [0.4, 0.5) is 0 Å². The summed E-state index contributed by atoms with van der Waals surface area (Å²) < 4.78 is 10.4. The molecule has 4 heteroatoms. The van der Waals surface area contributed by atoms with Gasteiger partial charge in [-0.15, -0.1) is 0 Å². The molecule has 3 nitrogen and oxygen atoms in total. The van der Waals surface area contributed by atoms with Crippen molar-refractivity contribution >= 4 is 23.0 Å². The van der Waals surface area contributed by atoms with Gasteiger partial charge in [0.15, 0.2) is 0 Å². The number of hydrogen-bond donors (Lipinski definition) is 0. The van der Waals surface area contributed by atoms with E-state index < -0.39 is 0 Å². The van der Waals surface area contributed by atoms with Crippen LogP contribution < -0.4 is 0 Å². The van der Waals surface area contributed by atoms with Gasteiger partial charge < -0.3 is 12.7 Å². The normalized spacial score (nSPS) is 28.8. The molecular formula is C6H12INO2. The molecule has 1 aliphatic rings. The first-order valence-electron chi connectivity index (χ1n) is 3.36. The van der Waals surface area contributed by atoms with Gasteiger partial charge in [0.05, 0.1) is 19.3 Å². The standard InChI is InChI=1S/C6H12INO2/c1-8-2-3-9-6(4-8)5-10-7/h6H,2-5H2,1H3. The quantitative estimate of drug-likeness (QED) is 0.679. The van der Waals surface area contributed by atoms with Crippen LogP contribution in [0.25, 0.3) is 0 Å². The molecular weight excluding hydrogens is 245 g/mol. The second kappa shape index (κ2) is 4.48. The highest BCUT2D eigenvalue weighted by Gasteiger charge is 2.16. The van der Waals surface area contributed by atoms with Gasteiger partial charge in [-0.2, -0.15) is 0 Å². The lowest BCUT2D eigenvalue weighted by molar-refractivity contribution is -0.0340. The van der Waals surface area contributed by atoms with E-state index in [4.69, 9.17) is 7.80 Å². The SMILES string of the molecule is CN1CCOC(COI)C1. The predicted octanol–water partition coefficient (Wildman–Crippen LogP) is 0.684. The van der Waals surface area contributed by atoms with Crippen LogP contribution in [0.2, 0.25) is 0 Å². The molecule has 60 valence electrons. The molecule has 0 N–H and O–H groups in total.